The van der Waals surface area contributed by atoms with E-state index < -0.39 is 0 Å². The topological polar surface area (TPSA) is 86.4 Å². The minimum atomic E-state index is -0.196. The maximum atomic E-state index is 9.48. The summed E-state index contributed by atoms with van der Waals surface area (Å²) < 4.78 is 1.93. The van der Waals surface area contributed by atoms with Crippen molar-refractivity contribution < 1.29 is 10.2 Å². The number of H-pyrrole nitrogens is 1. The number of rotatable bonds is 4. The third-order valence-corrected chi connectivity index (χ3v) is 4.09. The van der Waals surface area contributed by atoms with Crippen molar-refractivity contribution in [2.45, 2.75) is 6.42 Å². The highest BCUT2D eigenvalue weighted by molar-refractivity contribution is 7.71. The van der Waals surface area contributed by atoms with Crippen molar-refractivity contribution in [3.63, 3.8) is 0 Å². The number of phenolic OH excluding ortho intramolecular Hbond substituents is 2. The van der Waals surface area contributed by atoms with E-state index in [1.807, 2.05) is 17.5 Å². The van der Waals surface area contributed by atoms with Crippen LogP contribution in [0.4, 0.5) is 0 Å². The molecule has 1 aromatic carbocycles. The first kappa shape index (κ1) is 14.5. The Morgan fingerprint density at radius 3 is 2.91 bits per heavy atom. The molecule has 0 unspecified atom stereocenters. The van der Waals surface area contributed by atoms with Gasteiger partial charge < -0.3 is 10.2 Å². The van der Waals surface area contributed by atoms with Crippen LogP contribution < -0.4 is 0 Å². The lowest BCUT2D eigenvalue weighted by Crippen LogP contribution is -1.99. The maximum absolute atomic E-state index is 9.48. The normalized spacial score (nSPS) is 11.3. The standard InChI is InChI=1S/C14H12N4O2S2/c19-11-4-3-9(6-12(11)20)8-15-18-13(16-17-14(18)21)7-10-2-1-5-22-10/h1-6,8,19-20H,7H2,(H,17,21)/b15-8-. The van der Waals surface area contributed by atoms with Gasteiger partial charge in [0.25, 0.3) is 0 Å². The first-order valence-electron chi connectivity index (χ1n) is 6.38. The summed E-state index contributed by atoms with van der Waals surface area (Å²) in [6.45, 7) is 0. The van der Waals surface area contributed by atoms with Crippen molar-refractivity contribution in [1.29, 1.82) is 0 Å². The van der Waals surface area contributed by atoms with E-state index in [0.717, 1.165) is 4.88 Å². The number of nitrogens with zero attached hydrogens (tertiary/aromatic N) is 3. The number of aromatic hydroxyl groups is 2. The Kier molecular flexibility index (Phi) is 4.03. The molecule has 0 saturated carbocycles. The molecule has 3 aromatic rings. The van der Waals surface area contributed by atoms with Gasteiger partial charge in [-0.05, 0) is 47.4 Å². The number of benzene rings is 1. The van der Waals surface area contributed by atoms with Gasteiger partial charge in [0.15, 0.2) is 17.3 Å². The van der Waals surface area contributed by atoms with E-state index in [2.05, 4.69) is 15.3 Å². The molecule has 0 aliphatic heterocycles. The van der Waals surface area contributed by atoms with Crippen LogP contribution in [0.25, 0.3) is 0 Å². The number of aromatic amines is 1. The summed E-state index contributed by atoms with van der Waals surface area (Å²) in [5.74, 6) is 0.334. The van der Waals surface area contributed by atoms with Gasteiger partial charge in [0, 0.05) is 11.3 Å². The second-order valence-corrected chi connectivity index (χ2v) is 5.92. The Bertz CT molecular complexity index is 865. The Labute approximate surface area is 135 Å². The van der Waals surface area contributed by atoms with Crippen molar-refractivity contribution in [3.05, 3.63) is 56.7 Å². The molecule has 3 N–H and O–H groups in total. The highest BCUT2D eigenvalue weighted by Crippen LogP contribution is 2.24. The maximum Gasteiger partial charge on any atom is 0.216 e. The lowest BCUT2D eigenvalue weighted by atomic mass is 10.2. The molecule has 8 heteroatoms. The van der Waals surface area contributed by atoms with Crippen LogP contribution in [0.2, 0.25) is 0 Å². The van der Waals surface area contributed by atoms with Gasteiger partial charge in [0.1, 0.15) is 0 Å². The molecule has 0 fully saturated rings. The second kappa shape index (κ2) is 6.12. The molecule has 6 nitrogen and oxygen atoms in total. The molecule has 0 bridgehead atoms. The predicted octanol–water partition coefficient (Wildman–Crippen LogP) is 2.89. The van der Waals surface area contributed by atoms with Crippen LogP contribution in [0.15, 0.2) is 40.8 Å². The molecule has 2 aromatic heterocycles. The summed E-state index contributed by atoms with van der Waals surface area (Å²) >= 11 is 6.82. The lowest BCUT2D eigenvalue weighted by molar-refractivity contribution is 0.403. The zero-order valence-electron chi connectivity index (χ0n) is 11.3. The van der Waals surface area contributed by atoms with Gasteiger partial charge in [-0.25, -0.2) is 0 Å². The van der Waals surface area contributed by atoms with Gasteiger partial charge in [-0.15, -0.1) is 11.3 Å². The quantitative estimate of drug-likeness (QED) is 0.389. The molecule has 3 rings (SSSR count). The van der Waals surface area contributed by atoms with Crippen molar-refractivity contribution in [2.75, 3.05) is 0 Å². The number of nitrogens with one attached hydrogen (secondary N) is 1. The zero-order valence-corrected chi connectivity index (χ0v) is 12.9. The third-order valence-electron chi connectivity index (χ3n) is 2.95. The Morgan fingerprint density at radius 1 is 1.32 bits per heavy atom. The minimum absolute atomic E-state index is 0.171. The average molecular weight is 332 g/mol. The fourth-order valence-electron chi connectivity index (χ4n) is 1.87. The molecular formula is C14H12N4O2S2. The average Bonchev–Trinajstić information content (AvgIpc) is 3.12. The molecule has 0 spiro atoms. The fraction of sp³-hybridized carbons (Fsp3) is 0.0714. The zero-order chi connectivity index (χ0) is 15.5. The summed E-state index contributed by atoms with van der Waals surface area (Å²) in [4.78, 5) is 1.16. The highest BCUT2D eigenvalue weighted by Gasteiger charge is 2.07. The summed E-state index contributed by atoms with van der Waals surface area (Å²) in [6.07, 6.45) is 2.17. The van der Waals surface area contributed by atoms with E-state index in [1.165, 1.54) is 12.1 Å². The van der Waals surface area contributed by atoms with E-state index in [0.29, 0.717) is 22.6 Å². The molecule has 2 heterocycles. The van der Waals surface area contributed by atoms with Crippen molar-refractivity contribution in [1.82, 2.24) is 14.9 Å². The van der Waals surface area contributed by atoms with Crippen LogP contribution in [0.1, 0.15) is 16.3 Å². The lowest BCUT2D eigenvalue weighted by Gasteiger charge is -2.00. The van der Waals surface area contributed by atoms with Gasteiger partial charge >= 0.3 is 0 Å². The fourth-order valence-corrected chi connectivity index (χ4v) is 2.77. The molecule has 0 saturated heterocycles. The third kappa shape index (κ3) is 3.07. The van der Waals surface area contributed by atoms with E-state index in [-0.39, 0.29) is 11.5 Å². The smallest absolute Gasteiger partial charge is 0.216 e. The van der Waals surface area contributed by atoms with Crippen LogP contribution >= 0.6 is 23.6 Å². The van der Waals surface area contributed by atoms with Gasteiger partial charge in [-0.3, -0.25) is 5.10 Å². The molecule has 0 radical (unpaired) electrons. The predicted molar refractivity (Wildman–Crippen MR) is 87.3 cm³/mol. The molecule has 22 heavy (non-hydrogen) atoms. The molecular weight excluding hydrogens is 320 g/mol. The summed E-state index contributed by atoms with van der Waals surface area (Å²) in [7, 11) is 0. The highest BCUT2D eigenvalue weighted by atomic mass is 32.1. The molecule has 112 valence electrons. The van der Waals surface area contributed by atoms with Gasteiger partial charge in [0.05, 0.1) is 6.21 Å². The molecule has 0 aliphatic carbocycles. The molecule has 0 amide bonds. The van der Waals surface area contributed by atoms with Gasteiger partial charge in [-0.1, -0.05) is 6.07 Å². The first-order valence-corrected chi connectivity index (χ1v) is 7.67. The summed E-state index contributed by atoms with van der Waals surface area (Å²) in [5, 5.41) is 32.0. The van der Waals surface area contributed by atoms with Crippen molar-refractivity contribution in [3.8, 4) is 11.5 Å². The Hall–Kier alpha value is -2.45. The SMILES string of the molecule is Oc1ccc(/C=N\n2c(Cc3cccs3)n[nH]c2=S)cc1O. The number of hydrogen-bond donors (Lipinski definition) is 3. The largest absolute Gasteiger partial charge is 0.504 e. The van der Waals surface area contributed by atoms with E-state index in [1.54, 1.807) is 28.3 Å². The number of aromatic nitrogens is 3. The Morgan fingerprint density at radius 2 is 2.18 bits per heavy atom. The van der Waals surface area contributed by atoms with Crippen LogP contribution in [0.3, 0.4) is 0 Å². The number of phenols is 2. The molecule has 0 atom stereocenters. The first-order chi connectivity index (χ1) is 10.6. The second-order valence-electron chi connectivity index (χ2n) is 4.51. The number of hydrogen-bond acceptors (Lipinski definition) is 6. The van der Waals surface area contributed by atoms with Crippen LogP contribution in [0.5, 0.6) is 11.5 Å². The minimum Gasteiger partial charge on any atom is -0.504 e. The van der Waals surface area contributed by atoms with E-state index in [9.17, 15) is 10.2 Å². The molecule has 0 aliphatic rings. The van der Waals surface area contributed by atoms with Crippen LogP contribution in [-0.2, 0) is 6.42 Å². The monoisotopic (exact) mass is 332 g/mol. The van der Waals surface area contributed by atoms with Crippen LogP contribution in [0, 0.1) is 4.77 Å². The summed E-state index contributed by atoms with van der Waals surface area (Å²) in [5.41, 5.74) is 0.639. The van der Waals surface area contributed by atoms with Crippen LogP contribution in [-0.4, -0.2) is 31.3 Å². The van der Waals surface area contributed by atoms with E-state index >= 15 is 0 Å². The van der Waals surface area contributed by atoms with Crippen molar-refractivity contribution >= 4 is 29.8 Å². The van der Waals surface area contributed by atoms with Crippen molar-refractivity contribution in [2.24, 2.45) is 5.10 Å². The Balaban J connectivity index is 1.88. The summed E-state index contributed by atoms with van der Waals surface area (Å²) in [6, 6.07) is 8.46. The van der Waals surface area contributed by atoms with E-state index in [4.69, 9.17) is 12.2 Å². The van der Waals surface area contributed by atoms with Gasteiger partial charge in [0.2, 0.25) is 4.77 Å². The van der Waals surface area contributed by atoms with Gasteiger partial charge in [-0.2, -0.15) is 14.9 Å². The number of thiophene rings is 1.